The number of benzene rings is 2. The molecule has 1 fully saturated rings. The normalized spacial score (nSPS) is 15.1. The van der Waals surface area contributed by atoms with Gasteiger partial charge in [0.15, 0.2) is 5.13 Å². The van der Waals surface area contributed by atoms with E-state index in [-0.39, 0.29) is 11.7 Å². The molecule has 2 heterocycles. The van der Waals surface area contributed by atoms with E-state index in [1.54, 1.807) is 29.2 Å². The number of rotatable bonds is 6. The summed E-state index contributed by atoms with van der Waals surface area (Å²) in [5, 5.41) is 0.913. The number of amides is 1. The maximum atomic E-state index is 13.3. The van der Waals surface area contributed by atoms with Crippen molar-refractivity contribution in [2.45, 2.75) is 6.36 Å². The molecule has 3 aromatic rings. The van der Waals surface area contributed by atoms with Crippen molar-refractivity contribution < 1.29 is 27.4 Å². The molecule has 1 aliphatic heterocycles. The lowest BCUT2D eigenvalue weighted by Crippen LogP contribution is -2.43. The Morgan fingerprint density at radius 3 is 2.59 bits per heavy atom. The van der Waals surface area contributed by atoms with Crippen LogP contribution in [0.4, 0.5) is 18.3 Å². The second kappa shape index (κ2) is 9.62. The maximum Gasteiger partial charge on any atom is 0.573 e. The van der Waals surface area contributed by atoms with Crippen LogP contribution < -0.4 is 9.64 Å². The van der Waals surface area contributed by atoms with Crippen molar-refractivity contribution in [2.75, 3.05) is 44.3 Å². The fraction of sp³-hybridized carbons (Fsp3) is 0.333. The molecule has 1 aliphatic rings. The third-order valence-electron chi connectivity index (χ3n) is 4.89. The van der Waals surface area contributed by atoms with Gasteiger partial charge in [-0.25, -0.2) is 4.98 Å². The minimum atomic E-state index is -4.78. The van der Waals surface area contributed by atoms with Gasteiger partial charge in [0.05, 0.1) is 23.4 Å². The van der Waals surface area contributed by atoms with Gasteiger partial charge in [0.25, 0.3) is 5.91 Å². The number of carbonyl (C=O) groups excluding carboxylic acids is 1. The van der Waals surface area contributed by atoms with Crippen molar-refractivity contribution >= 4 is 44.2 Å². The van der Waals surface area contributed by atoms with E-state index in [2.05, 4.69) is 14.6 Å². The van der Waals surface area contributed by atoms with Gasteiger partial charge in [-0.05, 0) is 36.4 Å². The van der Waals surface area contributed by atoms with Crippen molar-refractivity contribution in [1.82, 2.24) is 9.88 Å². The first-order valence-electron chi connectivity index (χ1n) is 9.82. The van der Waals surface area contributed by atoms with E-state index in [1.165, 1.54) is 18.2 Å². The van der Waals surface area contributed by atoms with Crippen LogP contribution >= 0.6 is 22.9 Å². The summed E-state index contributed by atoms with van der Waals surface area (Å²) in [4.78, 5) is 21.5. The third-order valence-corrected chi connectivity index (χ3v) is 6.19. The van der Waals surface area contributed by atoms with Crippen LogP contribution in [-0.4, -0.2) is 61.5 Å². The van der Waals surface area contributed by atoms with E-state index in [9.17, 15) is 18.0 Å². The minimum Gasteiger partial charge on any atom is -0.406 e. The molecule has 0 radical (unpaired) electrons. The van der Waals surface area contributed by atoms with Crippen LogP contribution in [0.15, 0.2) is 42.5 Å². The number of hydrogen-bond acceptors (Lipinski definition) is 6. The summed E-state index contributed by atoms with van der Waals surface area (Å²) in [7, 11) is 0. The summed E-state index contributed by atoms with van der Waals surface area (Å²) in [6.07, 6.45) is -4.78. The van der Waals surface area contributed by atoms with Crippen LogP contribution in [0.3, 0.4) is 0 Å². The maximum absolute atomic E-state index is 13.3. The highest BCUT2D eigenvalue weighted by molar-refractivity contribution is 7.22. The molecule has 2 aromatic carbocycles. The third kappa shape index (κ3) is 5.69. The Morgan fingerprint density at radius 2 is 1.91 bits per heavy atom. The smallest absolute Gasteiger partial charge is 0.406 e. The topological polar surface area (TPSA) is 54.9 Å². The standard InChI is InChI=1S/C21H19ClF3N3O3S/c22-15-3-1-14(2-4-15)19(29)28(8-7-27-9-11-30-12-10-27)20-26-17-6-5-16(13-18(17)32-20)31-21(23,24)25/h1-6,13H,7-12H2. The molecule has 1 amide bonds. The number of halogens is 4. The number of nitrogens with zero attached hydrogens (tertiary/aromatic N) is 3. The fourth-order valence-corrected chi connectivity index (χ4v) is 4.45. The van der Waals surface area contributed by atoms with Crippen molar-refractivity contribution in [3.63, 3.8) is 0 Å². The summed E-state index contributed by atoms with van der Waals surface area (Å²) >= 11 is 7.08. The number of aromatic nitrogens is 1. The number of anilines is 1. The predicted molar refractivity (Wildman–Crippen MR) is 117 cm³/mol. The fourth-order valence-electron chi connectivity index (χ4n) is 3.30. The van der Waals surface area contributed by atoms with Gasteiger partial charge in [-0.1, -0.05) is 22.9 Å². The molecule has 11 heteroatoms. The predicted octanol–water partition coefficient (Wildman–Crippen LogP) is 4.83. The minimum absolute atomic E-state index is 0.263. The van der Waals surface area contributed by atoms with Gasteiger partial charge in [-0.3, -0.25) is 14.6 Å². The SMILES string of the molecule is O=C(c1ccc(Cl)cc1)N(CCN1CCOCC1)c1nc2ccc(OC(F)(F)F)cc2s1. The first-order chi connectivity index (χ1) is 15.3. The summed E-state index contributed by atoms with van der Waals surface area (Å²) in [5.74, 6) is -0.593. The molecule has 1 aromatic heterocycles. The molecule has 170 valence electrons. The Morgan fingerprint density at radius 1 is 1.19 bits per heavy atom. The van der Waals surface area contributed by atoms with Gasteiger partial charge in [-0.15, -0.1) is 13.2 Å². The van der Waals surface area contributed by atoms with Crippen LogP contribution in [0, 0.1) is 0 Å². The Balaban J connectivity index is 1.62. The molecular weight excluding hydrogens is 467 g/mol. The van der Waals surface area contributed by atoms with Gasteiger partial charge in [-0.2, -0.15) is 0 Å². The van der Waals surface area contributed by atoms with E-state index in [1.807, 2.05) is 0 Å². The molecule has 1 saturated heterocycles. The van der Waals surface area contributed by atoms with Crippen molar-refractivity contribution in [3.05, 3.63) is 53.1 Å². The van der Waals surface area contributed by atoms with E-state index in [0.29, 0.717) is 52.2 Å². The molecule has 0 aliphatic carbocycles. The Labute approximate surface area is 191 Å². The van der Waals surface area contributed by atoms with Crippen LogP contribution in [0.1, 0.15) is 10.4 Å². The quantitative estimate of drug-likeness (QED) is 0.500. The van der Waals surface area contributed by atoms with Crippen LogP contribution in [0.2, 0.25) is 5.02 Å². The lowest BCUT2D eigenvalue weighted by molar-refractivity contribution is -0.274. The number of thiazole rings is 1. The number of alkyl halides is 3. The molecule has 0 bridgehead atoms. The van der Waals surface area contributed by atoms with Gasteiger partial charge < -0.3 is 9.47 Å². The highest BCUT2D eigenvalue weighted by atomic mass is 35.5. The van der Waals surface area contributed by atoms with Gasteiger partial charge >= 0.3 is 6.36 Å². The van der Waals surface area contributed by atoms with E-state index in [4.69, 9.17) is 16.3 Å². The van der Waals surface area contributed by atoms with Crippen LogP contribution in [0.5, 0.6) is 5.75 Å². The highest BCUT2D eigenvalue weighted by Gasteiger charge is 2.31. The van der Waals surface area contributed by atoms with Crippen molar-refractivity contribution in [2.24, 2.45) is 0 Å². The largest absolute Gasteiger partial charge is 0.573 e. The highest BCUT2D eigenvalue weighted by Crippen LogP contribution is 2.34. The average Bonchev–Trinajstić information content (AvgIpc) is 3.17. The monoisotopic (exact) mass is 485 g/mol. The molecule has 0 unspecified atom stereocenters. The summed E-state index contributed by atoms with van der Waals surface area (Å²) in [5.41, 5.74) is 0.927. The molecule has 0 atom stereocenters. The molecule has 0 spiro atoms. The van der Waals surface area contributed by atoms with Gasteiger partial charge in [0.2, 0.25) is 0 Å². The van der Waals surface area contributed by atoms with Crippen molar-refractivity contribution in [3.8, 4) is 5.75 Å². The lowest BCUT2D eigenvalue weighted by Gasteiger charge is -2.29. The Kier molecular flexibility index (Phi) is 6.85. The average molecular weight is 486 g/mol. The Bertz CT molecular complexity index is 1090. The van der Waals surface area contributed by atoms with E-state index < -0.39 is 6.36 Å². The molecular formula is C21H19ClF3N3O3S. The summed E-state index contributed by atoms with van der Waals surface area (Å²) in [6.45, 7) is 3.78. The first-order valence-corrected chi connectivity index (χ1v) is 11.0. The molecule has 6 nitrogen and oxygen atoms in total. The second-order valence-corrected chi connectivity index (χ2v) is 8.54. The molecule has 32 heavy (non-hydrogen) atoms. The lowest BCUT2D eigenvalue weighted by atomic mass is 10.2. The van der Waals surface area contributed by atoms with Gasteiger partial charge in [0, 0.05) is 42.8 Å². The second-order valence-electron chi connectivity index (χ2n) is 7.09. The molecule has 0 saturated carbocycles. The number of ether oxygens (including phenoxy) is 2. The summed E-state index contributed by atoms with van der Waals surface area (Å²) < 4.78 is 47.5. The van der Waals surface area contributed by atoms with Gasteiger partial charge in [0.1, 0.15) is 5.75 Å². The molecule has 0 N–H and O–H groups in total. The van der Waals surface area contributed by atoms with E-state index in [0.717, 1.165) is 24.4 Å². The van der Waals surface area contributed by atoms with Crippen molar-refractivity contribution in [1.29, 1.82) is 0 Å². The number of hydrogen-bond donors (Lipinski definition) is 0. The van der Waals surface area contributed by atoms with E-state index >= 15 is 0 Å². The van der Waals surface area contributed by atoms with Crippen LogP contribution in [-0.2, 0) is 4.74 Å². The molecule has 4 rings (SSSR count). The Hall–Kier alpha value is -2.40. The van der Waals surface area contributed by atoms with Crippen LogP contribution in [0.25, 0.3) is 10.2 Å². The zero-order chi connectivity index (χ0) is 22.7. The first kappa shape index (κ1) is 22.8. The zero-order valence-corrected chi connectivity index (χ0v) is 18.3. The number of fused-ring (bicyclic) bond motifs is 1. The number of morpholine rings is 1. The zero-order valence-electron chi connectivity index (χ0n) is 16.8. The summed E-state index contributed by atoms with van der Waals surface area (Å²) in [6, 6.07) is 10.5. The number of carbonyl (C=O) groups is 1.